The molecule has 0 atom stereocenters. The molecule has 0 aliphatic carbocycles. The first-order valence-corrected chi connectivity index (χ1v) is 8.12. The molecule has 5 nitrogen and oxygen atoms in total. The van der Waals surface area contributed by atoms with Crippen LogP contribution in [0, 0.1) is 0 Å². The van der Waals surface area contributed by atoms with Crippen LogP contribution in [0.15, 0.2) is 41.7 Å². The maximum absolute atomic E-state index is 11.3. The van der Waals surface area contributed by atoms with Crippen LogP contribution in [0.1, 0.15) is 12.5 Å². The van der Waals surface area contributed by atoms with Crippen LogP contribution in [0.3, 0.4) is 0 Å². The van der Waals surface area contributed by atoms with E-state index in [1.165, 1.54) is 18.1 Å². The molecule has 2 aromatic rings. The third-order valence-corrected chi connectivity index (χ3v) is 3.82. The molecule has 0 aliphatic rings. The van der Waals surface area contributed by atoms with Crippen LogP contribution in [-0.2, 0) is 16.1 Å². The fourth-order valence-corrected chi connectivity index (χ4v) is 2.44. The number of hydrogen-bond donors (Lipinski definition) is 1. The summed E-state index contributed by atoms with van der Waals surface area (Å²) in [5, 5.41) is 4.65. The zero-order valence-electron chi connectivity index (χ0n) is 12.1. The molecule has 7 heteroatoms. The van der Waals surface area contributed by atoms with E-state index in [-0.39, 0.29) is 11.7 Å². The Kier molecular flexibility index (Phi) is 6.48. The van der Waals surface area contributed by atoms with Gasteiger partial charge in [0.2, 0.25) is 0 Å². The molecule has 2 rings (SSSR count). The van der Waals surface area contributed by atoms with E-state index >= 15 is 0 Å². The molecule has 0 amide bonds. The highest BCUT2D eigenvalue weighted by molar-refractivity contribution is 7.99. The van der Waals surface area contributed by atoms with Gasteiger partial charge in [-0.15, -0.1) is 0 Å². The molecule has 1 aromatic carbocycles. The third-order valence-electron chi connectivity index (χ3n) is 2.67. The summed E-state index contributed by atoms with van der Waals surface area (Å²) in [5.74, 6) is 0.694. The van der Waals surface area contributed by atoms with E-state index in [9.17, 15) is 4.79 Å². The van der Waals surface area contributed by atoms with Gasteiger partial charge in [-0.05, 0) is 24.6 Å². The molecule has 0 aliphatic heterocycles. The van der Waals surface area contributed by atoms with Gasteiger partial charge in [-0.25, -0.2) is 9.97 Å². The molecule has 22 heavy (non-hydrogen) atoms. The highest BCUT2D eigenvalue weighted by atomic mass is 35.5. The molecule has 1 N–H and O–H groups in total. The van der Waals surface area contributed by atoms with E-state index in [2.05, 4.69) is 15.3 Å². The first-order valence-electron chi connectivity index (χ1n) is 6.76. The van der Waals surface area contributed by atoms with Gasteiger partial charge in [-0.1, -0.05) is 35.5 Å². The maximum Gasteiger partial charge on any atom is 0.316 e. The Balaban J connectivity index is 1.88. The minimum atomic E-state index is -0.248. The summed E-state index contributed by atoms with van der Waals surface area (Å²) in [5.41, 5.74) is 1.10. The minimum Gasteiger partial charge on any atom is -0.465 e. The quantitative estimate of drug-likeness (QED) is 0.474. The molecule has 0 saturated carbocycles. The summed E-state index contributed by atoms with van der Waals surface area (Å²) >= 11 is 7.17. The van der Waals surface area contributed by atoms with Gasteiger partial charge in [0.1, 0.15) is 17.2 Å². The number of aromatic nitrogens is 2. The van der Waals surface area contributed by atoms with Crippen molar-refractivity contribution in [1.82, 2.24) is 9.97 Å². The van der Waals surface area contributed by atoms with Crippen LogP contribution in [-0.4, -0.2) is 28.3 Å². The van der Waals surface area contributed by atoms with Crippen molar-refractivity contribution < 1.29 is 9.53 Å². The molecule has 116 valence electrons. The number of carbonyl (C=O) groups is 1. The minimum absolute atomic E-state index is 0.238. The van der Waals surface area contributed by atoms with Crippen molar-refractivity contribution in [2.45, 2.75) is 18.5 Å². The summed E-state index contributed by atoms with van der Waals surface area (Å²) in [4.78, 5) is 19.6. The van der Waals surface area contributed by atoms with Gasteiger partial charge in [0.05, 0.1) is 12.4 Å². The number of thioether (sulfide) groups is 1. The number of rotatable bonds is 7. The Hall–Kier alpha value is -1.79. The molecule has 1 aromatic heterocycles. The molecule has 0 saturated heterocycles. The van der Waals surface area contributed by atoms with Crippen LogP contribution in [0.2, 0.25) is 5.02 Å². The Morgan fingerprint density at radius 1 is 1.32 bits per heavy atom. The van der Waals surface area contributed by atoms with Crippen molar-refractivity contribution in [3.8, 4) is 0 Å². The first kappa shape index (κ1) is 16.6. The van der Waals surface area contributed by atoms with Crippen molar-refractivity contribution in [2.24, 2.45) is 0 Å². The fraction of sp³-hybridized carbons (Fsp3) is 0.267. The second-order valence-corrected chi connectivity index (χ2v) is 5.75. The normalized spacial score (nSPS) is 10.3. The van der Waals surface area contributed by atoms with E-state index in [1.807, 2.05) is 24.3 Å². The van der Waals surface area contributed by atoms with E-state index in [4.69, 9.17) is 16.3 Å². The van der Waals surface area contributed by atoms with Crippen LogP contribution < -0.4 is 5.32 Å². The number of ether oxygens (including phenoxy) is 1. The van der Waals surface area contributed by atoms with Crippen molar-refractivity contribution in [1.29, 1.82) is 0 Å². The Bertz CT molecular complexity index is 622. The first-order chi connectivity index (χ1) is 10.7. The Labute approximate surface area is 138 Å². The van der Waals surface area contributed by atoms with Gasteiger partial charge in [0.15, 0.2) is 0 Å². The number of carbonyl (C=O) groups excluding carboxylic acids is 1. The summed E-state index contributed by atoms with van der Waals surface area (Å²) in [6.45, 7) is 2.80. The summed E-state index contributed by atoms with van der Waals surface area (Å²) in [6, 6.07) is 9.40. The topological polar surface area (TPSA) is 64.1 Å². The lowest BCUT2D eigenvalue weighted by Gasteiger charge is -2.07. The van der Waals surface area contributed by atoms with Gasteiger partial charge < -0.3 is 10.1 Å². The number of benzene rings is 1. The SMILES string of the molecule is CCOC(=O)CSc1cc(NCc2ccc(Cl)cc2)ncn1. The molecule has 1 heterocycles. The molecule has 0 unspecified atom stereocenters. The number of hydrogen-bond acceptors (Lipinski definition) is 6. The average molecular weight is 338 g/mol. The van der Waals surface area contributed by atoms with Crippen molar-refractivity contribution in [3.05, 3.63) is 47.2 Å². The summed E-state index contributed by atoms with van der Waals surface area (Å²) in [6.07, 6.45) is 1.47. The van der Waals surface area contributed by atoms with Crippen LogP contribution in [0.25, 0.3) is 0 Å². The summed E-state index contributed by atoms with van der Waals surface area (Å²) < 4.78 is 4.88. The van der Waals surface area contributed by atoms with Gasteiger partial charge in [0, 0.05) is 17.6 Å². The largest absolute Gasteiger partial charge is 0.465 e. The third kappa shape index (κ3) is 5.54. The van der Waals surface area contributed by atoms with Gasteiger partial charge in [-0.2, -0.15) is 0 Å². The van der Waals surface area contributed by atoms with Crippen LogP contribution in [0.5, 0.6) is 0 Å². The van der Waals surface area contributed by atoms with Crippen molar-refractivity contribution in [3.63, 3.8) is 0 Å². The van der Waals surface area contributed by atoms with Crippen molar-refractivity contribution >= 4 is 35.1 Å². The van der Waals surface area contributed by atoms with Crippen LogP contribution >= 0.6 is 23.4 Å². The average Bonchev–Trinajstić information content (AvgIpc) is 2.53. The van der Waals surface area contributed by atoms with E-state index in [0.29, 0.717) is 24.0 Å². The van der Waals surface area contributed by atoms with E-state index in [0.717, 1.165) is 10.6 Å². The molecule has 0 bridgehead atoms. The second kappa shape index (κ2) is 8.60. The lowest BCUT2D eigenvalue weighted by atomic mass is 10.2. The second-order valence-electron chi connectivity index (χ2n) is 4.32. The molecule has 0 spiro atoms. The van der Waals surface area contributed by atoms with E-state index in [1.54, 1.807) is 13.0 Å². The van der Waals surface area contributed by atoms with Crippen LogP contribution in [0.4, 0.5) is 5.82 Å². The molecule has 0 fully saturated rings. The molecular formula is C15H16ClN3O2S. The maximum atomic E-state index is 11.3. The number of nitrogens with one attached hydrogen (secondary N) is 1. The monoisotopic (exact) mass is 337 g/mol. The Morgan fingerprint density at radius 2 is 2.09 bits per heavy atom. The molecular weight excluding hydrogens is 322 g/mol. The van der Waals surface area contributed by atoms with Gasteiger partial charge >= 0.3 is 5.97 Å². The Morgan fingerprint density at radius 3 is 2.82 bits per heavy atom. The number of halogens is 1. The van der Waals surface area contributed by atoms with E-state index < -0.39 is 0 Å². The predicted molar refractivity (Wildman–Crippen MR) is 88.2 cm³/mol. The highest BCUT2D eigenvalue weighted by Gasteiger charge is 2.05. The standard InChI is InChI=1S/C15H16ClN3O2S/c1-2-21-15(20)9-22-14-7-13(18-10-19-14)17-8-11-3-5-12(16)6-4-11/h3-7,10H,2,8-9H2,1H3,(H,17,18,19). The highest BCUT2D eigenvalue weighted by Crippen LogP contribution is 2.18. The predicted octanol–water partition coefficient (Wildman–Crippen LogP) is 3.40. The lowest BCUT2D eigenvalue weighted by molar-refractivity contribution is -0.139. The number of esters is 1. The lowest BCUT2D eigenvalue weighted by Crippen LogP contribution is -2.07. The zero-order chi connectivity index (χ0) is 15.8. The number of anilines is 1. The van der Waals surface area contributed by atoms with Crippen molar-refractivity contribution in [2.75, 3.05) is 17.7 Å². The fourth-order valence-electron chi connectivity index (χ4n) is 1.65. The van der Waals surface area contributed by atoms with Gasteiger partial charge in [-0.3, -0.25) is 4.79 Å². The summed E-state index contributed by atoms with van der Waals surface area (Å²) in [7, 11) is 0. The van der Waals surface area contributed by atoms with Gasteiger partial charge in [0.25, 0.3) is 0 Å². The zero-order valence-corrected chi connectivity index (χ0v) is 13.7. The smallest absolute Gasteiger partial charge is 0.316 e. The number of nitrogens with zero attached hydrogens (tertiary/aromatic N) is 2. The molecule has 0 radical (unpaired) electrons.